The summed E-state index contributed by atoms with van der Waals surface area (Å²) in [7, 11) is 0. The van der Waals surface area contributed by atoms with Crippen molar-refractivity contribution in [2.24, 2.45) is 11.5 Å². The summed E-state index contributed by atoms with van der Waals surface area (Å²) in [6, 6.07) is 8.86. The molecule has 2 rings (SSSR count). The third-order valence-corrected chi connectivity index (χ3v) is 2.57. The van der Waals surface area contributed by atoms with Crippen LogP contribution in [-0.2, 0) is 9.59 Å². The van der Waals surface area contributed by atoms with Crippen molar-refractivity contribution < 1.29 is 18.4 Å². The Morgan fingerprint density at radius 3 is 2.15 bits per heavy atom. The van der Waals surface area contributed by atoms with E-state index < -0.39 is 11.8 Å². The lowest BCUT2D eigenvalue weighted by Gasteiger charge is -1.97. The standard InChI is InChI=1S/C14H11FN2O3/c15-9-3-1-8(2-4-9)12-6-5-10(20-12)7-11(13(16)18)14(17)19/h1-7H,(H2,16,18)(H2,17,19). The van der Waals surface area contributed by atoms with Gasteiger partial charge < -0.3 is 15.9 Å². The number of primary amides is 2. The molecule has 2 amide bonds. The summed E-state index contributed by atoms with van der Waals surface area (Å²) in [6.07, 6.45) is 1.16. The topological polar surface area (TPSA) is 99.3 Å². The van der Waals surface area contributed by atoms with Crippen LogP contribution < -0.4 is 11.5 Å². The highest BCUT2D eigenvalue weighted by atomic mass is 19.1. The van der Waals surface area contributed by atoms with Gasteiger partial charge in [0.2, 0.25) is 0 Å². The average Bonchev–Trinajstić information content (AvgIpc) is 2.84. The van der Waals surface area contributed by atoms with E-state index >= 15 is 0 Å². The largest absolute Gasteiger partial charge is 0.457 e. The fourth-order valence-corrected chi connectivity index (χ4v) is 1.61. The molecule has 0 saturated heterocycles. The van der Waals surface area contributed by atoms with Gasteiger partial charge in [-0.1, -0.05) is 0 Å². The SMILES string of the molecule is NC(=O)C(=Cc1ccc(-c2ccc(F)cc2)o1)C(N)=O. The van der Waals surface area contributed by atoms with E-state index in [9.17, 15) is 14.0 Å². The minimum atomic E-state index is -0.933. The van der Waals surface area contributed by atoms with Gasteiger partial charge in [-0.15, -0.1) is 0 Å². The molecule has 1 heterocycles. The molecular formula is C14H11FN2O3. The number of carbonyl (C=O) groups is 2. The molecule has 0 spiro atoms. The summed E-state index contributed by atoms with van der Waals surface area (Å²) in [4.78, 5) is 22.1. The van der Waals surface area contributed by atoms with Crippen LogP contribution in [0.25, 0.3) is 17.4 Å². The third kappa shape index (κ3) is 2.92. The highest BCUT2D eigenvalue weighted by Gasteiger charge is 2.13. The lowest BCUT2D eigenvalue weighted by atomic mass is 10.2. The molecule has 0 aliphatic heterocycles. The number of halogens is 1. The number of benzene rings is 1. The van der Waals surface area contributed by atoms with Gasteiger partial charge in [0.25, 0.3) is 11.8 Å². The summed E-state index contributed by atoms with van der Waals surface area (Å²) < 4.78 is 18.2. The molecule has 0 fully saturated rings. The van der Waals surface area contributed by atoms with E-state index in [1.54, 1.807) is 24.3 Å². The molecule has 0 atom stereocenters. The zero-order valence-electron chi connectivity index (χ0n) is 10.3. The minimum Gasteiger partial charge on any atom is -0.457 e. The first kappa shape index (κ1) is 13.5. The highest BCUT2D eigenvalue weighted by Crippen LogP contribution is 2.23. The Labute approximate surface area is 113 Å². The maximum absolute atomic E-state index is 12.8. The molecule has 2 aromatic rings. The second-order valence-electron chi connectivity index (χ2n) is 4.00. The lowest BCUT2D eigenvalue weighted by molar-refractivity contribution is -0.120. The number of carbonyl (C=O) groups excluding carboxylic acids is 2. The van der Waals surface area contributed by atoms with Gasteiger partial charge in [-0.25, -0.2) is 4.39 Å². The molecule has 0 aliphatic carbocycles. The van der Waals surface area contributed by atoms with Gasteiger partial charge in [-0.3, -0.25) is 9.59 Å². The summed E-state index contributed by atoms with van der Waals surface area (Å²) >= 11 is 0. The predicted molar refractivity (Wildman–Crippen MR) is 70.5 cm³/mol. The monoisotopic (exact) mass is 274 g/mol. The van der Waals surface area contributed by atoms with Gasteiger partial charge in [-0.05, 0) is 42.5 Å². The van der Waals surface area contributed by atoms with Gasteiger partial charge in [0, 0.05) is 5.56 Å². The maximum atomic E-state index is 12.8. The molecule has 0 radical (unpaired) electrons. The minimum absolute atomic E-state index is 0.247. The quantitative estimate of drug-likeness (QED) is 0.501. The van der Waals surface area contributed by atoms with Crippen molar-refractivity contribution in [1.82, 2.24) is 0 Å². The molecule has 4 N–H and O–H groups in total. The molecule has 102 valence electrons. The van der Waals surface area contributed by atoms with E-state index in [1.807, 2.05) is 0 Å². The maximum Gasteiger partial charge on any atom is 0.254 e. The van der Waals surface area contributed by atoms with E-state index in [2.05, 4.69) is 0 Å². The van der Waals surface area contributed by atoms with Crippen molar-refractivity contribution >= 4 is 17.9 Å². The second kappa shape index (κ2) is 5.40. The number of furan rings is 1. The smallest absolute Gasteiger partial charge is 0.254 e. The van der Waals surface area contributed by atoms with E-state index in [4.69, 9.17) is 15.9 Å². The van der Waals surface area contributed by atoms with Crippen LogP contribution in [0.2, 0.25) is 0 Å². The van der Waals surface area contributed by atoms with Crippen LogP contribution in [0, 0.1) is 5.82 Å². The molecule has 6 heteroatoms. The van der Waals surface area contributed by atoms with Crippen molar-refractivity contribution in [2.45, 2.75) is 0 Å². The summed E-state index contributed by atoms with van der Waals surface area (Å²) in [6.45, 7) is 0. The molecule has 20 heavy (non-hydrogen) atoms. The summed E-state index contributed by atoms with van der Waals surface area (Å²) in [5.74, 6) is -1.51. The first-order valence-electron chi connectivity index (χ1n) is 5.64. The Morgan fingerprint density at radius 1 is 1.00 bits per heavy atom. The normalized spacial score (nSPS) is 10.1. The zero-order valence-corrected chi connectivity index (χ0v) is 10.3. The van der Waals surface area contributed by atoms with Gasteiger partial charge in [0.05, 0.1) is 0 Å². The molecule has 5 nitrogen and oxygen atoms in total. The lowest BCUT2D eigenvalue weighted by Crippen LogP contribution is -2.25. The molecule has 1 aromatic heterocycles. The van der Waals surface area contributed by atoms with Crippen LogP contribution in [0.5, 0.6) is 0 Å². The Balaban J connectivity index is 2.33. The van der Waals surface area contributed by atoms with Crippen molar-refractivity contribution in [2.75, 3.05) is 0 Å². The van der Waals surface area contributed by atoms with E-state index in [0.717, 1.165) is 6.08 Å². The zero-order chi connectivity index (χ0) is 14.7. The second-order valence-corrected chi connectivity index (χ2v) is 4.00. The molecule has 0 unspecified atom stereocenters. The number of rotatable bonds is 4. The Morgan fingerprint density at radius 2 is 1.60 bits per heavy atom. The Kier molecular flexibility index (Phi) is 3.65. The number of hydrogen-bond donors (Lipinski definition) is 2. The molecular weight excluding hydrogens is 263 g/mol. The predicted octanol–water partition coefficient (Wildman–Crippen LogP) is 1.44. The van der Waals surface area contributed by atoms with Crippen molar-refractivity contribution in [1.29, 1.82) is 0 Å². The van der Waals surface area contributed by atoms with Crippen molar-refractivity contribution in [3.63, 3.8) is 0 Å². The molecule has 0 bridgehead atoms. The number of amides is 2. The summed E-state index contributed by atoms with van der Waals surface area (Å²) in [5.41, 5.74) is 10.4. The summed E-state index contributed by atoms with van der Waals surface area (Å²) in [5, 5.41) is 0. The highest BCUT2D eigenvalue weighted by molar-refractivity contribution is 6.20. The van der Waals surface area contributed by atoms with E-state index in [1.165, 1.54) is 12.1 Å². The van der Waals surface area contributed by atoms with Crippen LogP contribution >= 0.6 is 0 Å². The number of hydrogen-bond acceptors (Lipinski definition) is 3. The van der Waals surface area contributed by atoms with Gasteiger partial charge >= 0.3 is 0 Å². The molecule has 0 aliphatic rings. The Bertz CT molecular complexity index is 671. The van der Waals surface area contributed by atoms with Gasteiger partial charge in [-0.2, -0.15) is 0 Å². The van der Waals surface area contributed by atoms with Crippen LogP contribution in [0.15, 0.2) is 46.4 Å². The van der Waals surface area contributed by atoms with Crippen LogP contribution in [0.3, 0.4) is 0 Å². The fourth-order valence-electron chi connectivity index (χ4n) is 1.61. The van der Waals surface area contributed by atoms with Crippen LogP contribution in [0.4, 0.5) is 4.39 Å². The van der Waals surface area contributed by atoms with E-state index in [-0.39, 0.29) is 17.2 Å². The van der Waals surface area contributed by atoms with Gasteiger partial charge in [0.1, 0.15) is 22.9 Å². The first-order valence-corrected chi connectivity index (χ1v) is 5.64. The molecule has 0 saturated carbocycles. The van der Waals surface area contributed by atoms with E-state index in [0.29, 0.717) is 11.3 Å². The van der Waals surface area contributed by atoms with Gasteiger partial charge in [0.15, 0.2) is 0 Å². The first-order chi connectivity index (χ1) is 9.47. The van der Waals surface area contributed by atoms with Crippen molar-refractivity contribution in [3.05, 3.63) is 53.5 Å². The molecule has 1 aromatic carbocycles. The average molecular weight is 274 g/mol. The van der Waals surface area contributed by atoms with Crippen LogP contribution in [0.1, 0.15) is 5.76 Å². The van der Waals surface area contributed by atoms with Crippen LogP contribution in [-0.4, -0.2) is 11.8 Å². The third-order valence-electron chi connectivity index (χ3n) is 2.57. The number of nitrogens with two attached hydrogens (primary N) is 2. The fraction of sp³-hybridized carbons (Fsp3) is 0. The Hall–Kier alpha value is -2.89. The van der Waals surface area contributed by atoms with Crippen molar-refractivity contribution in [3.8, 4) is 11.3 Å².